The molecular formula is C17H12F4N4O2. The first-order chi connectivity index (χ1) is 12.8. The molecule has 0 aliphatic rings. The van der Waals surface area contributed by atoms with Crippen molar-refractivity contribution < 1.29 is 22.3 Å². The van der Waals surface area contributed by atoms with Crippen LogP contribution in [-0.2, 0) is 6.54 Å². The Bertz CT molecular complexity index is 970. The maximum Gasteiger partial charge on any atom is 0.422 e. The standard InChI is InChI=1S/C17H12F4N4O2/c18-13-3-1-11(2-4-13)9-25-15(26)6-5-14(24-25)12-7-22-16(23-8-12)27-10-17(19,20)21/h1-8H,9-10H2. The molecule has 0 unspecified atom stereocenters. The van der Waals surface area contributed by atoms with Crippen molar-refractivity contribution in [2.75, 3.05) is 6.61 Å². The lowest BCUT2D eigenvalue weighted by Gasteiger charge is -2.09. The monoisotopic (exact) mass is 380 g/mol. The molecule has 2 aromatic heterocycles. The molecule has 3 aromatic rings. The van der Waals surface area contributed by atoms with Gasteiger partial charge in [0.25, 0.3) is 5.56 Å². The van der Waals surface area contributed by atoms with Crippen molar-refractivity contribution in [3.8, 4) is 17.3 Å². The summed E-state index contributed by atoms with van der Waals surface area (Å²) in [5, 5.41) is 4.18. The van der Waals surface area contributed by atoms with Crippen LogP contribution in [0.1, 0.15) is 5.56 Å². The first kappa shape index (κ1) is 18.5. The van der Waals surface area contributed by atoms with Gasteiger partial charge in [-0.3, -0.25) is 4.79 Å². The van der Waals surface area contributed by atoms with E-state index in [0.29, 0.717) is 16.8 Å². The first-order valence-corrected chi connectivity index (χ1v) is 7.65. The smallest absolute Gasteiger partial charge is 0.422 e. The first-order valence-electron chi connectivity index (χ1n) is 7.65. The molecular weight excluding hydrogens is 368 g/mol. The van der Waals surface area contributed by atoms with Crippen LogP contribution in [0.4, 0.5) is 17.6 Å². The fourth-order valence-electron chi connectivity index (χ4n) is 2.15. The number of benzene rings is 1. The average Bonchev–Trinajstić information content (AvgIpc) is 2.63. The van der Waals surface area contributed by atoms with Gasteiger partial charge in [0.1, 0.15) is 5.82 Å². The predicted octanol–water partition coefficient (Wildman–Crippen LogP) is 2.83. The summed E-state index contributed by atoms with van der Waals surface area (Å²) in [5.41, 5.74) is 1.05. The Kier molecular flexibility index (Phi) is 5.15. The lowest BCUT2D eigenvalue weighted by molar-refractivity contribution is -0.154. The van der Waals surface area contributed by atoms with Crippen LogP contribution in [0.5, 0.6) is 6.01 Å². The Morgan fingerprint density at radius 2 is 1.67 bits per heavy atom. The van der Waals surface area contributed by atoms with Gasteiger partial charge in [-0.05, 0) is 23.8 Å². The Hall–Kier alpha value is -3.30. The minimum absolute atomic E-state index is 0.126. The molecule has 10 heteroatoms. The zero-order valence-corrected chi connectivity index (χ0v) is 13.7. The Morgan fingerprint density at radius 3 is 2.30 bits per heavy atom. The van der Waals surface area contributed by atoms with Gasteiger partial charge in [0, 0.05) is 24.0 Å². The summed E-state index contributed by atoms with van der Waals surface area (Å²) < 4.78 is 55.0. The van der Waals surface area contributed by atoms with E-state index in [-0.39, 0.29) is 12.1 Å². The molecule has 0 saturated carbocycles. The third-order valence-corrected chi connectivity index (χ3v) is 3.40. The molecule has 0 radical (unpaired) electrons. The van der Waals surface area contributed by atoms with Gasteiger partial charge in [0.05, 0.1) is 12.2 Å². The molecule has 6 nitrogen and oxygen atoms in total. The van der Waals surface area contributed by atoms with E-state index in [0.717, 1.165) is 0 Å². The van der Waals surface area contributed by atoms with Crippen molar-refractivity contribution in [2.45, 2.75) is 12.7 Å². The molecule has 0 amide bonds. The Morgan fingerprint density at radius 1 is 1.00 bits per heavy atom. The summed E-state index contributed by atoms with van der Waals surface area (Å²) in [6, 6.07) is 7.93. The van der Waals surface area contributed by atoms with Crippen molar-refractivity contribution in [2.24, 2.45) is 0 Å². The van der Waals surface area contributed by atoms with Gasteiger partial charge in [-0.25, -0.2) is 19.0 Å². The third-order valence-electron chi connectivity index (χ3n) is 3.40. The number of ether oxygens (including phenoxy) is 1. The van der Waals surface area contributed by atoms with E-state index >= 15 is 0 Å². The summed E-state index contributed by atoms with van der Waals surface area (Å²) in [5.74, 6) is -0.391. The fourth-order valence-corrected chi connectivity index (χ4v) is 2.15. The molecule has 140 valence electrons. The molecule has 1 aromatic carbocycles. The Balaban J connectivity index is 1.79. The molecule has 0 aliphatic heterocycles. The summed E-state index contributed by atoms with van der Waals surface area (Å²) in [7, 11) is 0. The molecule has 3 rings (SSSR count). The number of aromatic nitrogens is 4. The topological polar surface area (TPSA) is 69.9 Å². The maximum atomic E-state index is 13.0. The van der Waals surface area contributed by atoms with Gasteiger partial charge in [-0.2, -0.15) is 18.3 Å². The number of halogens is 4. The van der Waals surface area contributed by atoms with Crippen molar-refractivity contribution in [3.63, 3.8) is 0 Å². The van der Waals surface area contributed by atoms with E-state index in [1.54, 1.807) is 0 Å². The van der Waals surface area contributed by atoms with Crippen LogP contribution in [0.25, 0.3) is 11.3 Å². The molecule has 0 aliphatic carbocycles. The zero-order valence-electron chi connectivity index (χ0n) is 13.7. The van der Waals surface area contributed by atoms with E-state index in [2.05, 4.69) is 19.8 Å². The number of hydrogen-bond acceptors (Lipinski definition) is 5. The molecule has 0 spiro atoms. The van der Waals surface area contributed by atoms with Crippen molar-refractivity contribution in [1.82, 2.24) is 19.7 Å². The molecule has 0 N–H and O–H groups in total. The van der Waals surface area contributed by atoms with E-state index in [4.69, 9.17) is 0 Å². The second-order valence-corrected chi connectivity index (χ2v) is 5.50. The van der Waals surface area contributed by atoms with Crippen LogP contribution < -0.4 is 10.3 Å². The highest BCUT2D eigenvalue weighted by Crippen LogP contribution is 2.18. The summed E-state index contributed by atoms with van der Waals surface area (Å²) in [6.07, 6.45) is -2.00. The largest absolute Gasteiger partial charge is 0.454 e. The molecule has 0 fully saturated rings. The van der Waals surface area contributed by atoms with Gasteiger partial charge < -0.3 is 4.74 Å². The second-order valence-electron chi connectivity index (χ2n) is 5.50. The lowest BCUT2D eigenvalue weighted by atomic mass is 10.2. The van der Waals surface area contributed by atoms with Crippen LogP contribution >= 0.6 is 0 Å². The molecule has 2 heterocycles. The van der Waals surface area contributed by atoms with Crippen molar-refractivity contribution >= 4 is 0 Å². The van der Waals surface area contributed by atoms with Crippen LogP contribution in [-0.4, -0.2) is 32.5 Å². The number of rotatable bonds is 5. The summed E-state index contributed by atoms with van der Waals surface area (Å²) in [6.45, 7) is -1.37. The van der Waals surface area contributed by atoms with Crippen LogP contribution in [0.3, 0.4) is 0 Å². The van der Waals surface area contributed by atoms with Gasteiger partial charge in [0.15, 0.2) is 6.61 Å². The third kappa shape index (κ3) is 5.09. The molecule has 0 bridgehead atoms. The zero-order chi connectivity index (χ0) is 19.4. The van der Waals surface area contributed by atoms with E-state index in [9.17, 15) is 22.4 Å². The Labute approximate surface area is 150 Å². The van der Waals surface area contributed by atoms with Gasteiger partial charge in [0.2, 0.25) is 0 Å². The lowest BCUT2D eigenvalue weighted by Crippen LogP contribution is -2.23. The van der Waals surface area contributed by atoms with Gasteiger partial charge >= 0.3 is 12.2 Å². The number of hydrogen-bond donors (Lipinski definition) is 0. The van der Waals surface area contributed by atoms with E-state index < -0.39 is 24.6 Å². The SMILES string of the molecule is O=c1ccc(-c2cnc(OCC(F)(F)F)nc2)nn1Cc1ccc(F)cc1. The molecule has 0 atom stereocenters. The minimum atomic E-state index is -4.49. The van der Waals surface area contributed by atoms with Crippen molar-refractivity contribution in [1.29, 1.82) is 0 Å². The fraction of sp³-hybridized carbons (Fsp3) is 0.176. The van der Waals surface area contributed by atoms with Crippen LogP contribution in [0.2, 0.25) is 0 Å². The second kappa shape index (κ2) is 7.52. The van der Waals surface area contributed by atoms with E-state index in [1.165, 1.54) is 53.5 Å². The minimum Gasteiger partial charge on any atom is -0.454 e. The van der Waals surface area contributed by atoms with E-state index in [1.807, 2.05) is 0 Å². The molecule has 0 saturated heterocycles. The number of nitrogens with zero attached hydrogens (tertiary/aromatic N) is 4. The number of alkyl halides is 3. The maximum absolute atomic E-state index is 13.0. The normalized spacial score (nSPS) is 11.4. The predicted molar refractivity (Wildman–Crippen MR) is 86.6 cm³/mol. The summed E-state index contributed by atoms with van der Waals surface area (Å²) >= 11 is 0. The highest BCUT2D eigenvalue weighted by molar-refractivity contribution is 5.55. The molecule has 27 heavy (non-hydrogen) atoms. The summed E-state index contributed by atoms with van der Waals surface area (Å²) in [4.78, 5) is 19.4. The van der Waals surface area contributed by atoms with Crippen LogP contribution in [0, 0.1) is 5.82 Å². The van der Waals surface area contributed by atoms with Gasteiger partial charge in [-0.15, -0.1) is 0 Å². The van der Waals surface area contributed by atoms with Crippen LogP contribution in [0.15, 0.2) is 53.6 Å². The van der Waals surface area contributed by atoms with Crippen molar-refractivity contribution in [3.05, 3.63) is 70.5 Å². The highest BCUT2D eigenvalue weighted by atomic mass is 19.4. The average molecular weight is 380 g/mol. The van der Waals surface area contributed by atoms with Gasteiger partial charge in [-0.1, -0.05) is 12.1 Å². The highest BCUT2D eigenvalue weighted by Gasteiger charge is 2.28. The quantitative estimate of drug-likeness (QED) is 0.637.